The number of carbonyl (C=O) groups is 1. The van der Waals surface area contributed by atoms with Crippen molar-refractivity contribution in [3.05, 3.63) is 0 Å². The summed E-state index contributed by atoms with van der Waals surface area (Å²) in [5.74, 6) is -0.538. The Bertz CT molecular complexity index is 178. The standard InChI is InChI=1S/C14H28O2/c1-4-5-6-7-8-9-10-11-12(2)13(3)14(15)16/h12-13H,4-11H2,1-3H3,(H,15,16). The highest BCUT2D eigenvalue weighted by molar-refractivity contribution is 5.69. The Labute approximate surface area is 100 Å². The molecule has 0 aliphatic rings. The van der Waals surface area contributed by atoms with Gasteiger partial charge in [0.1, 0.15) is 0 Å². The van der Waals surface area contributed by atoms with Crippen LogP contribution in [0.2, 0.25) is 0 Å². The van der Waals surface area contributed by atoms with Crippen LogP contribution < -0.4 is 0 Å². The Balaban J connectivity index is 3.34. The first kappa shape index (κ1) is 15.5. The van der Waals surface area contributed by atoms with Crippen molar-refractivity contribution in [2.24, 2.45) is 11.8 Å². The van der Waals surface area contributed by atoms with Crippen molar-refractivity contribution in [2.45, 2.75) is 72.1 Å². The average Bonchev–Trinajstić information content (AvgIpc) is 2.26. The second-order valence-electron chi connectivity index (χ2n) is 5.01. The summed E-state index contributed by atoms with van der Waals surface area (Å²) in [6.07, 6.45) is 10.2. The molecule has 0 aromatic heterocycles. The summed E-state index contributed by atoms with van der Waals surface area (Å²) in [5.41, 5.74) is 0. The predicted molar refractivity (Wildman–Crippen MR) is 68.6 cm³/mol. The molecule has 0 aromatic rings. The quantitative estimate of drug-likeness (QED) is 0.560. The van der Waals surface area contributed by atoms with Crippen molar-refractivity contribution < 1.29 is 9.90 Å². The fourth-order valence-corrected chi connectivity index (χ4v) is 1.92. The molecule has 2 heteroatoms. The first-order chi connectivity index (χ1) is 7.59. The second-order valence-corrected chi connectivity index (χ2v) is 5.01. The van der Waals surface area contributed by atoms with Gasteiger partial charge in [-0.2, -0.15) is 0 Å². The first-order valence-corrected chi connectivity index (χ1v) is 6.82. The molecule has 16 heavy (non-hydrogen) atoms. The molecule has 0 fully saturated rings. The van der Waals surface area contributed by atoms with Crippen molar-refractivity contribution in [1.82, 2.24) is 0 Å². The van der Waals surface area contributed by atoms with E-state index < -0.39 is 5.97 Å². The highest BCUT2D eigenvalue weighted by atomic mass is 16.4. The molecule has 0 aliphatic carbocycles. The van der Waals surface area contributed by atoms with Crippen LogP contribution in [0.3, 0.4) is 0 Å². The minimum absolute atomic E-state index is 0.194. The maximum atomic E-state index is 10.7. The summed E-state index contributed by atoms with van der Waals surface area (Å²) in [4.78, 5) is 10.7. The second kappa shape index (κ2) is 9.68. The van der Waals surface area contributed by atoms with Gasteiger partial charge in [0.25, 0.3) is 0 Å². The van der Waals surface area contributed by atoms with E-state index in [0.717, 1.165) is 6.42 Å². The van der Waals surface area contributed by atoms with Crippen molar-refractivity contribution >= 4 is 5.97 Å². The molecule has 96 valence electrons. The summed E-state index contributed by atoms with van der Waals surface area (Å²) in [6, 6.07) is 0. The van der Waals surface area contributed by atoms with Gasteiger partial charge < -0.3 is 5.11 Å². The normalized spacial score (nSPS) is 14.7. The van der Waals surface area contributed by atoms with E-state index in [2.05, 4.69) is 13.8 Å². The number of rotatable bonds is 10. The fourth-order valence-electron chi connectivity index (χ4n) is 1.92. The van der Waals surface area contributed by atoms with Gasteiger partial charge in [-0.25, -0.2) is 0 Å². The van der Waals surface area contributed by atoms with E-state index in [1.807, 2.05) is 6.92 Å². The lowest BCUT2D eigenvalue weighted by molar-refractivity contribution is -0.142. The molecule has 0 amide bonds. The third-order valence-electron chi connectivity index (χ3n) is 3.51. The van der Waals surface area contributed by atoms with Gasteiger partial charge in [0, 0.05) is 0 Å². The van der Waals surface area contributed by atoms with Gasteiger partial charge in [0.05, 0.1) is 5.92 Å². The molecule has 0 saturated heterocycles. The van der Waals surface area contributed by atoms with Crippen molar-refractivity contribution in [3.8, 4) is 0 Å². The fraction of sp³-hybridized carbons (Fsp3) is 0.929. The molecule has 0 spiro atoms. The van der Waals surface area contributed by atoms with Crippen LogP contribution in [0.15, 0.2) is 0 Å². The van der Waals surface area contributed by atoms with Gasteiger partial charge >= 0.3 is 5.97 Å². The topological polar surface area (TPSA) is 37.3 Å². The lowest BCUT2D eigenvalue weighted by atomic mass is 9.90. The smallest absolute Gasteiger partial charge is 0.306 e. The molecule has 2 nitrogen and oxygen atoms in total. The van der Waals surface area contributed by atoms with E-state index >= 15 is 0 Å². The molecular weight excluding hydrogens is 200 g/mol. The third kappa shape index (κ3) is 7.72. The maximum Gasteiger partial charge on any atom is 0.306 e. The molecule has 0 heterocycles. The van der Waals surface area contributed by atoms with E-state index in [0.29, 0.717) is 5.92 Å². The van der Waals surface area contributed by atoms with Crippen molar-refractivity contribution in [1.29, 1.82) is 0 Å². The Morgan fingerprint density at radius 3 is 2.00 bits per heavy atom. The SMILES string of the molecule is CCCCCCCCCC(C)C(C)C(=O)O. The van der Waals surface area contributed by atoms with Crippen LogP contribution in [0.1, 0.15) is 72.1 Å². The number of aliphatic carboxylic acids is 1. The number of unbranched alkanes of at least 4 members (excludes halogenated alkanes) is 6. The lowest BCUT2D eigenvalue weighted by Gasteiger charge is -2.15. The Kier molecular flexibility index (Phi) is 9.36. The Morgan fingerprint density at radius 2 is 1.50 bits per heavy atom. The van der Waals surface area contributed by atoms with Gasteiger partial charge in [0.15, 0.2) is 0 Å². The van der Waals surface area contributed by atoms with Crippen molar-refractivity contribution in [2.75, 3.05) is 0 Å². The first-order valence-electron chi connectivity index (χ1n) is 6.82. The van der Waals surface area contributed by atoms with Gasteiger partial charge in [-0.3, -0.25) is 4.79 Å². The Hall–Kier alpha value is -0.530. The number of hydrogen-bond acceptors (Lipinski definition) is 1. The summed E-state index contributed by atoms with van der Waals surface area (Å²) < 4.78 is 0. The van der Waals surface area contributed by atoms with Crippen LogP contribution in [0.4, 0.5) is 0 Å². The molecule has 0 aromatic carbocycles. The van der Waals surface area contributed by atoms with Crippen LogP contribution in [-0.4, -0.2) is 11.1 Å². The summed E-state index contributed by atoms with van der Waals surface area (Å²) >= 11 is 0. The highest BCUT2D eigenvalue weighted by Gasteiger charge is 2.18. The van der Waals surface area contributed by atoms with Crippen LogP contribution in [0, 0.1) is 11.8 Å². The summed E-state index contributed by atoms with van der Waals surface area (Å²) in [6.45, 7) is 6.10. The van der Waals surface area contributed by atoms with Gasteiger partial charge in [0.2, 0.25) is 0 Å². The van der Waals surface area contributed by atoms with E-state index in [4.69, 9.17) is 5.11 Å². The minimum Gasteiger partial charge on any atom is -0.481 e. The van der Waals surface area contributed by atoms with E-state index in [1.54, 1.807) is 0 Å². The van der Waals surface area contributed by atoms with Crippen LogP contribution in [0.5, 0.6) is 0 Å². The Morgan fingerprint density at radius 1 is 1.00 bits per heavy atom. The molecule has 2 atom stereocenters. The van der Waals surface area contributed by atoms with Crippen molar-refractivity contribution in [3.63, 3.8) is 0 Å². The predicted octanol–water partition coefficient (Wildman–Crippen LogP) is 4.48. The lowest BCUT2D eigenvalue weighted by Crippen LogP contribution is -2.17. The molecule has 1 N–H and O–H groups in total. The van der Waals surface area contributed by atoms with Crippen LogP contribution >= 0.6 is 0 Å². The summed E-state index contributed by atoms with van der Waals surface area (Å²) in [5, 5.41) is 8.85. The molecule has 0 bridgehead atoms. The largest absolute Gasteiger partial charge is 0.481 e. The zero-order valence-electron chi connectivity index (χ0n) is 11.2. The number of carboxylic acids is 1. The van der Waals surface area contributed by atoms with E-state index in [9.17, 15) is 4.79 Å². The molecule has 0 saturated carbocycles. The molecule has 0 radical (unpaired) electrons. The van der Waals surface area contributed by atoms with Gasteiger partial charge in [-0.15, -0.1) is 0 Å². The van der Waals surface area contributed by atoms with Crippen LogP contribution in [0.25, 0.3) is 0 Å². The third-order valence-corrected chi connectivity index (χ3v) is 3.51. The summed E-state index contributed by atoms with van der Waals surface area (Å²) in [7, 11) is 0. The zero-order chi connectivity index (χ0) is 12.4. The minimum atomic E-state index is -0.657. The number of carboxylic acid groups (broad SMARTS) is 1. The highest BCUT2D eigenvalue weighted by Crippen LogP contribution is 2.19. The van der Waals surface area contributed by atoms with E-state index in [1.165, 1.54) is 44.9 Å². The van der Waals surface area contributed by atoms with E-state index in [-0.39, 0.29) is 5.92 Å². The van der Waals surface area contributed by atoms with Gasteiger partial charge in [-0.1, -0.05) is 65.7 Å². The van der Waals surface area contributed by atoms with Gasteiger partial charge in [-0.05, 0) is 12.3 Å². The maximum absolute atomic E-state index is 10.7. The zero-order valence-corrected chi connectivity index (χ0v) is 11.2. The van der Waals surface area contributed by atoms with Crippen LogP contribution in [-0.2, 0) is 4.79 Å². The molecule has 2 unspecified atom stereocenters. The molecular formula is C14H28O2. The monoisotopic (exact) mass is 228 g/mol. The molecule has 0 rings (SSSR count). The average molecular weight is 228 g/mol. The molecule has 0 aliphatic heterocycles. The number of hydrogen-bond donors (Lipinski definition) is 1.